The summed E-state index contributed by atoms with van der Waals surface area (Å²) in [6.07, 6.45) is 2.24. The summed E-state index contributed by atoms with van der Waals surface area (Å²) in [5, 5.41) is 11.6. The number of carbonyl (C=O) groups excluding carboxylic acids is 1. The quantitative estimate of drug-likeness (QED) is 0.496. The lowest BCUT2D eigenvalue weighted by atomic mass is 10.2. The van der Waals surface area contributed by atoms with E-state index < -0.39 is 0 Å². The predicted octanol–water partition coefficient (Wildman–Crippen LogP) is 2.46. The first-order valence-corrected chi connectivity index (χ1v) is 6.51. The van der Waals surface area contributed by atoms with Crippen molar-refractivity contribution in [3.8, 4) is 6.07 Å². The van der Waals surface area contributed by atoms with E-state index in [1.807, 2.05) is 6.07 Å². The molecule has 6 heteroatoms. The third-order valence-corrected chi connectivity index (χ3v) is 3.23. The van der Waals surface area contributed by atoms with Crippen LogP contribution in [0.5, 0.6) is 0 Å². The summed E-state index contributed by atoms with van der Waals surface area (Å²) in [5.41, 5.74) is 0.0749. The molecule has 4 nitrogen and oxygen atoms in total. The SMILES string of the molecule is COCCCNC(=O)/C(C#N)=C/c1ccc(Cl)s1. The fraction of sp³-hybridized carbons (Fsp3) is 0.333. The van der Waals surface area contributed by atoms with E-state index in [1.54, 1.807) is 19.2 Å². The minimum absolute atomic E-state index is 0.0749. The highest BCUT2D eigenvalue weighted by atomic mass is 35.5. The molecule has 1 aromatic rings. The first-order valence-electron chi connectivity index (χ1n) is 5.31. The van der Waals surface area contributed by atoms with Crippen LogP contribution in [0.15, 0.2) is 17.7 Å². The number of carbonyl (C=O) groups is 1. The van der Waals surface area contributed by atoms with Crippen LogP contribution in [0, 0.1) is 11.3 Å². The number of ether oxygens (including phenoxy) is 1. The van der Waals surface area contributed by atoms with Crippen LogP contribution in [0.25, 0.3) is 6.08 Å². The summed E-state index contributed by atoms with van der Waals surface area (Å²) in [4.78, 5) is 12.5. The fourth-order valence-corrected chi connectivity index (χ4v) is 2.21. The smallest absolute Gasteiger partial charge is 0.261 e. The molecule has 0 aliphatic heterocycles. The van der Waals surface area contributed by atoms with Crippen molar-refractivity contribution in [2.24, 2.45) is 0 Å². The van der Waals surface area contributed by atoms with Crippen LogP contribution < -0.4 is 5.32 Å². The second-order valence-electron chi connectivity index (χ2n) is 3.41. The Morgan fingerprint density at radius 1 is 1.67 bits per heavy atom. The van der Waals surface area contributed by atoms with Crippen molar-refractivity contribution in [1.29, 1.82) is 5.26 Å². The molecule has 0 bridgehead atoms. The Bertz CT molecular complexity index is 477. The molecular formula is C12H13ClN2O2S. The molecule has 0 unspecified atom stereocenters. The van der Waals surface area contributed by atoms with Crippen molar-refractivity contribution >= 4 is 34.9 Å². The molecule has 0 saturated carbocycles. The third kappa shape index (κ3) is 4.88. The summed E-state index contributed by atoms with van der Waals surface area (Å²) in [6.45, 7) is 1.06. The van der Waals surface area contributed by atoms with Gasteiger partial charge in [-0.1, -0.05) is 11.6 Å². The van der Waals surface area contributed by atoms with Crippen molar-refractivity contribution in [3.63, 3.8) is 0 Å². The van der Waals surface area contributed by atoms with Gasteiger partial charge in [-0.25, -0.2) is 0 Å². The Balaban J connectivity index is 2.58. The number of hydrogen-bond donors (Lipinski definition) is 1. The lowest BCUT2D eigenvalue weighted by molar-refractivity contribution is -0.117. The van der Waals surface area contributed by atoms with Gasteiger partial charge >= 0.3 is 0 Å². The maximum absolute atomic E-state index is 11.7. The fourth-order valence-electron chi connectivity index (χ4n) is 1.21. The summed E-state index contributed by atoms with van der Waals surface area (Å²) in [5.74, 6) is -0.377. The van der Waals surface area contributed by atoms with Gasteiger partial charge in [0.15, 0.2) is 0 Å². The zero-order valence-corrected chi connectivity index (χ0v) is 11.5. The van der Waals surface area contributed by atoms with E-state index in [-0.39, 0.29) is 11.5 Å². The number of nitrogens with zero attached hydrogens (tertiary/aromatic N) is 1. The van der Waals surface area contributed by atoms with Gasteiger partial charge in [0.05, 0.1) is 4.34 Å². The molecule has 0 aliphatic carbocycles. The number of nitriles is 1. The minimum Gasteiger partial charge on any atom is -0.385 e. The molecule has 96 valence electrons. The van der Waals surface area contributed by atoms with Crippen LogP contribution in [0.3, 0.4) is 0 Å². The standard InChI is InChI=1S/C12H13ClN2O2S/c1-17-6-2-5-15-12(16)9(8-14)7-10-3-4-11(13)18-10/h3-4,7H,2,5-6H2,1H3,(H,15,16)/b9-7+. The van der Waals surface area contributed by atoms with Crippen molar-refractivity contribution < 1.29 is 9.53 Å². The van der Waals surface area contributed by atoms with Crippen molar-refractivity contribution in [2.45, 2.75) is 6.42 Å². The third-order valence-electron chi connectivity index (χ3n) is 2.06. The van der Waals surface area contributed by atoms with E-state index in [9.17, 15) is 4.79 Å². The van der Waals surface area contributed by atoms with E-state index in [0.717, 1.165) is 4.88 Å². The van der Waals surface area contributed by atoms with Gasteiger partial charge in [0.1, 0.15) is 11.6 Å². The molecule has 18 heavy (non-hydrogen) atoms. The molecule has 1 rings (SSSR count). The van der Waals surface area contributed by atoms with Crippen LogP contribution in [-0.2, 0) is 9.53 Å². The second-order valence-corrected chi connectivity index (χ2v) is 5.16. The van der Waals surface area contributed by atoms with E-state index in [4.69, 9.17) is 21.6 Å². The highest BCUT2D eigenvalue weighted by Gasteiger charge is 2.08. The summed E-state index contributed by atoms with van der Waals surface area (Å²) in [6, 6.07) is 5.37. The second kappa shape index (κ2) is 7.88. The topological polar surface area (TPSA) is 62.1 Å². The Labute approximate surface area is 115 Å². The molecule has 1 N–H and O–H groups in total. The van der Waals surface area contributed by atoms with Crippen molar-refractivity contribution in [3.05, 3.63) is 26.9 Å². The normalized spacial score (nSPS) is 11.1. The minimum atomic E-state index is -0.377. The van der Waals surface area contributed by atoms with Gasteiger partial charge in [-0.05, 0) is 24.6 Å². The summed E-state index contributed by atoms with van der Waals surface area (Å²) >= 11 is 7.10. The molecule has 0 radical (unpaired) electrons. The van der Waals surface area contributed by atoms with Gasteiger partial charge in [0.2, 0.25) is 0 Å². The average Bonchev–Trinajstić information content (AvgIpc) is 2.77. The van der Waals surface area contributed by atoms with Gasteiger partial charge in [-0.2, -0.15) is 5.26 Å². The Morgan fingerprint density at radius 3 is 3.00 bits per heavy atom. The highest BCUT2D eigenvalue weighted by molar-refractivity contribution is 7.17. The van der Waals surface area contributed by atoms with Crippen LogP contribution >= 0.6 is 22.9 Å². The van der Waals surface area contributed by atoms with E-state index >= 15 is 0 Å². The molecule has 1 aromatic heterocycles. The molecule has 1 heterocycles. The Hall–Kier alpha value is -1.35. The zero-order chi connectivity index (χ0) is 13.4. The average molecular weight is 285 g/mol. The highest BCUT2D eigenvalue weighted by Crippen LogP contribution is 2.23. The van der Waals surface area contributed by atoms with Gasteiger partial charge in [0.25, 0.3) is 5.91 Å². The molecule has 0 aromatic carbocycles. The monoisotopic (exact) mass is 284 g/mol. The van der Waals surface area contributed by atoms with Gasteiger partial charge in [0, 0.05) is 25.1 Å². The predicted molar refractivity (Wildman–Crippen MR) is 72.4 cm³/mol. The first kappa shape index (κ1) is 14.7. The number of halogens is 1. The van der Waals surface area contributed by atoms with Gasteiger partial charge < -0.3 is 10.1 Å². The van der Waals surface area contributed by atoms with Crippen LogP contribution in [0.2, 0.25) is 4.34 Å². The number of thiophene rings is 1. The lowest BCUT2D eigenvalue weighted by Gasteiger charge is -2.03. The van der Waals surface area contributed by atoms with Crippen LogP contribution in [-0.4, -0.2) is 26.2 Å². The molecule has 1 amide bonds. The van der Waals surface area contributed by atoms with Crippen LogP contribution in [0.1, 0.15) is 11.3 Å². The molecule has 0 saturated heterocycles. The molecular weight excluding hydrogens is 272 g/mol. The molecule has 0 spiro atoms. The number of amides is 1. The van der Waals surface area contributed by atoms with E-state index in [0.29, 0.717) is 23.9 Å². The largest absolute Gasteiger partial charge is 0.385 e. The summed E-state index contributed by atoms with van der Waals surface area (Å²) in [7, 11) is 1.60. The molecule has 0 fully saturated rings. The van der Waals surface area contributed by atoms with Crippen molar-refractivity contribution in [1.82, 2.24) is 5.32 Å². The maximum atomic E-state index is 11.7. The van der Waals surface area contributed by atoms with E-state index in [1.165, 1.54) is 17.4 Å². The summed E-state index contributed by atoms with van der Waals surface area (Å²) < 4.78 is 5.49. The van der Waals surface area contributed by atoms with E-state index in [2.05, 4.69) is 5.32 Å². The lowest BCUT2D eigenvalue weighted by Crippen LogP contribution is -2.26. The molecule has 0 aliphatic rings. The van der Waals surface area contributed by atoms with Crippen molar-refractivity contribution in [2.75, 3.05) is 20.3 Å². The number of rotatable bonds is 6. The first-order chi connectivity index (χ1) is 8.67. The Morgan fingerprint density at radius 2 is 2.44 bits per heavy atom. The number of nitrogens with one attached hydrogen (secondary N) is 1. The van der Waals surface area contributed by atoms with Gasteiger partial charge in [-0.3, -0.25) is 4.79 Å². The van der Waals surface area contributed by atoms with Gasteiger partial charge in [-0.15, -0.1) is 11.3 Å². The number of hydrogen-bond acceptors (Lipinski definition) is 4. The number of methoxy groups -OCH3 is 1. The Kier molecular flexibility index (Phi) is 6.44. The molecule has 0 atom stereocenters. The van der Waals surface area contributed by atoms with Crippen LogP contribution in [0.4, 0.5) is 0 Å². The zero-order valence-electron chi connectivity index (χ0n) is 9.90. The maximum Gasteiger partial charge on any atom is 0.261 e.